The van der Waals surface area contributed by atoms with Crippen LogP contribution in [0.2, 0.25) is 0 Å². The molecule has 4 fully saturated rings. The van der Waals surface area contributed by atoms with Crippen molar-refractivity contribution in [2.75, 3.05) is 71.2 Å². The molecule has 2 atom stereocenters. The number of rotatable bonds is 8. The number of nitrogens with zero attached hydrogens (tertiary/aromatic N) is 5. The number of terminal acetylenes is 1. The minimum Gasteiger partial charge on any atom is -0.508 e. The van der Waals surface area contributed by atoms with Gasteiger partial charge in [-0.15, -0.1) is 6.42 Å². The fourth-order valence-corrected chi connectivity index (χ4v) is 8.59. The van der Waals surface area contributed by atoms with Gasteiger partial charge in [0.2, 0.25) is 5.88 Å². The second kappa shape index (κ2) is 13.4. The Labute approximate surface area is 289 Å². The van der Waals surface area contributed by atoms with Crippen LogP contribution >= 0.6 is 0 Å². The standard InChI is InChI=1S/C38H41F2N5O5/c1-3-26-28(39)9-8-24-17-25(46)18-27(30(24)26)33-32(40)34-31(36(41-33)47-2)35(44-13-6-15-48-16-14-44)43-37(42-34)50-22-38-10-4-7-29(38)45(12-5-11-38)19-23-20-49-21-23/h1,8-9,17-18,23,29,46H,4-7,10-16,19-22H2,2H3. The highest BCUT2D eigenvalue weighted by atomic mass is 19.1. The van der Waals surface area contributed by atoms with Gasteiger partial charge in [0.15, 0.2) is 5.82 Å². The lowest BCUT2D eigenvalue weighted by molar-refractivity contribution is -0.0731. The van der Waals surface area contributed by atoms with E-state index in [2.05, 4.69) is 15.8 Å². The normalized spacial score (nSPS) is 23.0. The highest BCUT2D eigenvalue weighted by molar-refractivity contribution is 6.04. The molecule has 0 bridgehead atoms. The number of piperidine rings is 1. The number of methoxy groups -OCH3 is 1. The number of phenolic OH excluding ortho intramolecular Hbond substituents is 1. The van der Waals surface area contributed by atoms with Crippen LogP contribution < -0.4 is 14.4 Å². The number of phenols is 1. The van der Waals surface area contributed by atoms with Crippen molar-refractivity contribution >= 4 is 27.5 Å². The third kappa shape index (κ3) is 5.75. The molecule has 12 heteroatoms. The van der Waals surface area contributed by atoms with E-state index in [0.717, 1.165) is 64.8 Å². The number of likely N-dealkylation sites (tertiary alicyclic amines) is 1. The first kappa shape index (κ1) is 32.9. The average Bonchev–Trinajstić information content (AvgIpc) is 3.35. The maximum Gasteiger partial charge on any atom is 0.319 e. The summed E-state index contributed by atoms with van der Waals surface area (Å²) >= 11 is 0. The highest BCUT2D eigenvalue weighted by Crippen LogP contribution is 2.49. The van der Waals surface area contributed by atoms with Crippen molar-refractivity contribution in [2.45, 2.75) is 44.6 Å². The second-order valence-corrected chi connectivity index (χ2v) is 14.0. The molecule has 1 saturated carbocycles. The van der Waals surface area contributed by atoms with Gasteiger partial charge < -0.3 is 29.0 Å². The third-order valence-corrected chi connectivity index (χ3v) is 11.0. The number of hydrogen-bond acceptors (Lipinski definition) is 10. The van der Waals surface area contributed by atoms with E-state index in [4.69, 9.17) is 35.3 Å². The monoisotopic (exact) mass is 685 g/mol. The van der Waals surface area contributed by atoms with E-state index < -0.39 is 11.6 Å². The molecule has 1 aliphatic carbocycles. The van der Waals surface area contributed by atoms with Crippen LogP contribution in [0.25, 0.3) is 32.9 Å². The molecule has 2 aromatic carbocycles. The molecule has 10 nitrogen and oxygen atoms in total. The second-order valence-electron chi connectivity index (χ2n) is 14.0. The Bertz CT molecular complexity index is 1980. The molecule has 262 valence electrons. The Morgan fingerprint density at radius 1 is 1.02 bits per heavy atom. The van der Waals surface area contributed by atoms with Crippen LogP contribution in [-0.2, 0) is 9.47 Å². The van der Waals surface area contributed by atoms with E-state index in [1.165, 1.54) is 31.4 Å². The summed E-state index contributed by atoms with van der Waals surface area (Å²) in [5.74, 6) is 1.90. The number of hydrogen-bond donors (Lipinski definition) is 1. The molecule has 0 spiro atoms. The molecule has 1 N–H and O–H groups in total. The Kier molecular flexibility index (Phi) is 8.83. The molecule has 0 amide bonds. The zero-order chi connectivity index (χ0) is 34.4. The summed E-state index contributed by atoms with van der Waals surface area (Å²) in [6.45, 7) is 6.39. The summed E-state index contributed by atoms with van der Waals surface area (Å²) in [5.41, 5.74) is -0.241. The molecule has 2 aromatic heterocycles. The fourth-order valence-electron chi connectivity index (χ4n) is 8.59. The van der Waals surface area contributed by atoms with Gasteiger partial charge in [0.1, 0.15) is 34.0 Å². The minimum atomic E-state index is -0.789. The summed E-state index contributed by atoms with van der Waals surface area (Å²) in [6.07, 6.45) is 11.9. The van der Waals surface area contributed by atoms with E-state index in [1.54, 1.807) is 0 Å². The Morgan fingerprint density at radius 3 is 2.68 bits per heavy atom. The number of halogens is 2. The third-order valence-electron chi connectivity index (χ3n) is 11.0. The van der Waals surface area contributed by atoms with Crippen LogP contribution in [0.15, 0.2) is 24.3 Å². The SMILES string of the molecule is C#Cc1c(F)ccc2cc(O)cc(-c3nc(OC)c4c(N5CCCOCC5)nc(OCC56CCCC5N(CC5COC5)CCC6)nc4c3F)c12. The maximum atomic E-state index is 17.1. The molecular weight excluding hydrogens is 644 g/mol. The highest BCUT2D eigenvalue weighted by Gasteiger charge is 2.49. The van der Waals surface area contributed by atoms with Gasteiger partial charge in [-0.3, -0.25) is 4.90 Å². The number of aromatic nitrogens is 3. The fraction of sp³-hybridized carbons (Fsp3) is 0.500. The van der Waals surface area contributed by atoms with Crippen LogP contribution in [0.1, 0.15) is 44.1 Å². The number of benzene rings is 2. The number of pyridine rings is 1. The zero-order valence-corrected chi connectivity index (χ0v) is 28.2. The number of fused-ring (bicyclic) bond motifs is 3. The smallest absolute Gasteiger partial charge is 0.319 e. The van der Waals surface area contributed by atoms with Crippen molar-refractivity contribution in [1.82, 2.24) is 19.9 Å². The van der Waals surface area contributed by atoms with E-state index >= 15 is 4.39 Å². The van der Waals surface area contributed by atoms with Gasteiger partial charge in [-0.2, -0.15) is 9.97 Å². The van der Waals surface area contributed by atoms with Gasteiger partial charge in [0, 0.05) is 54.6 Å². The summed E-state index contributed by atoms with van der Waals surface area (Å²) in [5, 5.41) is 11.6. The molecule has 3 aliphatic heterocycles. The topological polar surface area (TPSA) is 102 Å². The van der Waals surface area contributed by atoms with Gasteiger partial charge in [0.05, 0.1) is 39.1 Å². The summed E-state index contributed by atoms with van der Waals surface area (Å²) in [7, 11) is 1.44. The average molecular weight is 686 g/mol. The zero-order valence-electron chi connectivity index (χ0n) is 28.2. The maximum absolute atomic E-state index is 17.1. The van der Waals surface area contributed by atoms with Crippen molar-refractivity contribution < 1.29 is 32.8 Å². The van der Waals surface area contributed by atoms with Crippen LogP contribution in [0, 0.1) is 35.3 Å². The number of aromatic hydroxyl groups is 1. The van der Waals surface area contributed by atoms with Crippen molar-refractivity contribution in [1.29, 1.82) is 0 Å². The van der Waals surface area contributed by atoms with Crippen molar-refractivity contribution in [3.05, 3.63) is 41.5 Å². The van der Waals surface area contributed by atoms with Crippen molar-refractivity contribution in [3.8, 4) is 41.2 Å². The summed E-state index contributed by atoms with van der Waals surface area (Å²) in [4.78, 5) is 18.9. The van der Waals surface area contributed by atoms with E-state index in [1.807, 2.05) is 4.90 Å². The van der Waals surface area contributed by atoms with Crippen LogP contribution in [0.5, 0.6) is 17.6 Å². The van der Waals surface area contributed by atoms with Crippen LogP contribution in [0.3, 0.4) is 0 Å². The lowest BCUT2D eigenvalue weighted by Gasteiger charge is -2.48. The van der Waals surface area contributed by atoms with Crippen LogP contribution in [0.4, 0.5) is 14.6 Å². The molecular formula is C38H41F2N5O5. The van der Waals surface area contributed by atoms with Gasteiger partial charge in [0.25, 0.3) is 0 Å². The molecule has 50 heavy (non-hydrogen) atoms. The molecule has 8 rings (SSSR count). The van der Waals surface area contributed by atoms with Gasteiger partial charge in [-0.05, 0) is 62.2 Å². The van der Waals surface area contributed by atoms with Gasteiger partial charge >= 0.3 is 6.01 Å². The first-order chi connectivity index (χ1) is 24.4. The predicted molar refractivity (Wildman–Crippen MR) is 185 cm³/mol. The first-order valence-electron chi connectivity index (χ1n) is 17.5. The molecule has 0 radical (unpaired) electrons. The lowest BCUT2D eigenvalue weighted by atomic mass is 9.75. The molecule has 5 heterocycles. The quantitative estimate of drug-likeness (QED) is 0.232. The minimum absolute atomic E-state index is 0.0480. The predicted octanol–water partition coefficient (Wildman–Crippen LogP) is 5.71. The molecule has 3 saturated heterocycles. The van der Waals surface area contributed by atoms with Gasteiger partial charge in [-0.1, -0.05) is 18.4 Å². The summed E-state index contributed by atoms with van der Waals surface area (Å²) in [6, 6.07) is 5.95. The van der Waals surface area contributed by atoms with E-state index in [0.29, 0.717) is 61.5 Å². The Balaban J connectivity index is 1.25. The van der Waals surface area contributed by atoms with Crippen LogP contribution in [-0.4, -0.2) is 97.3 Å². The molecule has 4 aromatic rings. The van der Waals surface area contributed by atoms with E-state index in [9.17, 15) is 9.50 Å². The van der Waals surface area contributed by atoms with E-state index in [-0.39, 0.29) is 50.8 Å². The van der Waals surface area contributed by atoms with Crippen molar-refractivity contribution in [3.63, 3.8) is 0 Å². The Hall–Kier alpha value is -4.31. The van der Waals surface area contributed by atoms with Crippen molar-refractivity contribution in [2.24, 2.45) is 11.3 Å². The number of anilines is 1. The largest absolute Gasteiger partial charge is 0.508 e. The summed E-state index contributed by atoms with van der Waals surface area (Å²) < 4.78 is 55.7. The first-order valence-corrected chi connectivity index (χ1v) is 17.5. The number of ether oxygens (including phenoxy) is 4. The Morgan fingerprint density at radius 2 is 1.88 bits per heavy atom. The van der Waals surface area contributed by atoms with Gasteiger partial charge in [-0.25, -0.2) is 13.8 Å². The molecule has 4 aliphatic rings. The lowest BCUT2D eigenvalue weighted by Crippen LogP contribution is -2.54. The molecule has 2 unspecified atom stereocenters.